The van der Waals surface area contributed by atoms with Crippen molar-refractivity contribution in [1.29, 1.82) is 0 Å². The summed E-state index contributed by atoms with van der Waals surface area (Å²) in [6.07, 6.45) is 11.1. The van der Waals surface area contributed by atoms with Crippen LogP contribution in [-0.2, 0) is 0 Å². The number of hydrogen-bond donors (Lipinski definition) is 0. The van der Waals surface area contributed by atoms with Crippen LogP contribution in [0.1, 0.15) is 30.7 Å². The third-order valence-corrected chi connectivity index (χ3v) is 3.19. The number of allylic oxidation sites excluding steroid dienone is 3. The summed E-state index contributed by atoms with van der Waals surface area (Å²) in [6, 6.07) is 6.03. The van der Waals surface area contributed by atoms with Crippen LogP contribution in [0, 0.1) is 0 Å². The predicted octanol–water partition coefficient (Wildman–Crippen LogP) is 5.02. The highest BCUT2D eigenvalue weighted by Gasteiger charge is 2.15. The molecule has 0 spiro atoms. The lowest BCUT2D eigenvalue weighted by atomic mass is 10.0. The molecule has 0 bridgehead atoms. The molecule has 2 rings (SSSR count). The van der Waals surface area contributed by atoms with E-state index in [-0.39, 0.29) is 0 Å². The summed E-state index contributed by atoms with van der Waals surface area (Å²) < 4.78 is 5.99. The standard InChI is InChI=1S/C19H20N2O/c1-5-9-17(21-12-6-2)15-11-8-10-14-16(13-20-4)18(7-3)22-19(14)15/h5-13H,3H2,1-2,4H3/b9-5-,12-6-,20-13-,21-17+. The van der Waals surface area contributed by atoms with Gasteiger partial charge in [0.2, 0.25) is 0 Å². The molecule has 0 atom stereocenters. The smallest absolute Gasteiger partial charge is 0.144 e. The van der Waals surface area contributed by atoms with Crippen LogP contribution in [0.3, 0.4) is 0 Å². The van der Waals surface area contributed by atoms with E-state index in [1.54, 1.807) is 25.5 Å². The van der Waals surface area contributed by atoms with Gasteiger partial charge in [0.05, 0.1) is 5.71 Å². The molecule has 0 N–H and O–H groups in total. The van der Waals surface area contributed by atoms with Crippen LogP contribution in [-0.4, -0.2) is 19.0 Å². The van der Waals surface area contributed by atoms with Gasteiger partial charge in [0, 0.05) is 36.0 Å². The molecular weight excluding hydrogens is 272 g/mol. The fraction of sp³-hybridized carbons (Fsp3) is 0.158. The first-order valence-corrected chi connectivity index (χ1v) is 7.19. The summed E-state index contributed by atoms with van der Waals surface area (Å²) in [7, 11) is 1.74. The van der Waals surface area contributed by atoms with Gasteiger partial charge >= 0.3 is 0 Å². The van der Waals surface area contributed by atoms with Crippen molar-refractivity contribution in [3.63, 3.8) is 0 Å². The first-order valence-electron chi connectivity index (χ1n) is 7.19. The zero-order valence-corrected chi connectivity index (χ0v) is 13.2. The molecule has 2 aromatic rings. The maximum Gasteiger partial charge on any atom is 0.144 e. The monoisotopic (exact) mass is 292 g/mol. The zero-order chi connectivity index (χ0) is 15.9. The van der Waals surface area contributed by atoms with E-state index >= 15 is 0 Å². The Labute approximate surface area is 131 Å². The number of nitrogens with zero attached hydrogens (tertiary/aromatic N) is 2. The minimum Gasteiger partial charge on any atom is -0.455 e. The highest BCUT2D eigenvalue weighted by Crippen LogP contribution is 2.29. The Kier molecular flexibility index (Phi) is 5.26. The van der Waals surface area contributed by atoms with Crippen LogP contribution in [0.5, 0.6) is 0 Å². The lowest BCUT2D eigenvalue weighted by molar-refractivity contribution is 0.603. The van der Waals surface area contributed by atoms with Crippen molar-refractivity contribution in [2.45, 2.75) is 13.8 Å². The topological polar surface area (TPSA) is 37.9 Å². The normalized spacial score (nSPS) is 13.1. The molecule has 0 saturated carbocycles. The Morgan fingerprint density at radius 2 is 2.05 bits per heavy atom. The molecule has 0 saturated heterocycles. The second-order valence-electron chi connectivity index (χ2n) is 4.65. The van der Waals surface area contributed by atoms with E-state index in [4.69, 9.17) is 4.42 Å². The van der Waals surface area contributed by atoms with Gasteiger partial charge in [-0.3, -0.25) is 9.98 Å². The fourth-order valence-electron chi connectivity index (χ4n) is 2.29. The van der Waals surface area contributed by atoms with E-state index in [0.717, 1.165) is 33.6 Å². The van der Waals surface area contributed by atoms with Crippen LogP contribution in [0.2, 0.25) is 0 Å². The molecule has 0 unspecified atom stereocenters. The van der Waals surface area contributed by atoms with Crippen LogP contribution in [0.25, 0.3) is 17.0 Å². The maximum atomic E-state index is 5.99. The van der Waals surface area contributed by atoms with E-state index < -0.39 is 0 Å². The van der Waals surface area contributed by atoms with E-state index in [9.17, 15) is 0 Å². The van der Waals surface area contributed by atoms with Crippen LogP contribution >= 0.6 is 0 Å². The van der Waals surface area contributed by atoms with Crippen molar-refractivity contribution < 1.29 is 4.42 Å². The summed E-state index contributed by atoms with van der Waals surface area (Å²) in [6.45, 7) is 7.73. The minimum absolute atomic E-state index is 0.721. The van der Waals surface area contributed by atoms with Gasteiger partial charge in [-0.25, -0.2) is 0 Å². The second kappa shape index (κ2) is 7.36. The number of furan rings is 1. The van der Waals surface area contributed by atoms with E-state index in [2.05, 4.69) is 16.6 Å². The van der Waals surface area contributed by atoms with Gasteiger partial charge < -0.3 is 4.42 Å². The quantitative estimate of drug-likeness (QED) is 0.713. The van der Waals surface area contributed by atoms with Gasteiger partial charge in [0.1, 0.15) is 11.3 Å². The number of rotatable bonds is 5. The van der Waals surface area contributed by atoms with Crippen molar-refractivity contribution in [1.82, 2.24) is 0 Å². The summed E-state index contributed by atoms with van der Waals surface area (Å²) in [4.78, 5) is 8.60. The SMILES string of the molecule is C=Cc1oc2c(C(/C=C\C)=N/C=C\C)cccc2c1/C=N\C. The Morgan fingerprint density at radius 3 is 2.68 bits per heavy atom. The molecule has 22 heavy (non-hydrogen) atoms. The molecular formula is C19H20N2O. The van der Waals surface area contributed by atoms with Crippen LogP contribution in [0.15, 0.2) is 63.6 Å². The summed E-state index contributed by atoms with van der Waals surface area (Å²) in [5, 5.41) is 1.01. The Morgan fingerprint density at radius 1 is 1.23 bits per heavy atom. The molecule has 0 aliphatic rings. The number of hydrogen-bond acceptors (Lipinski definition) is 3. The summed E-state index contributed by atoms with van der Waals surface area (Å²) in [5.41, 5.74) is 3.55. The molecule has 1 aromatic heterocycles. The lowest BCUT2D eigenvalue weighted by Gasteiger charge is -2.02. The third-order valence-electron chi connectivity index (χ3n) is 3.19. The molecule has 0 aliphatic heterocycles. The van der Waals surface area contributed by atoms with E-state index in [1.807, 2.05) is 50.3 Å². The largest absolute Gasteiger partial charge is 0.455 e. The molecule has 0 fully saturated rings. The van der Waals surface area contributed by atoms with Gasteiger partial charge in [0.25, 0.3) is 0 Å². The number of fused-ring (bicyclic) bond motifs is 1. The number of benzene rings is 1. The molecule has 0 radical (unpaired) electrons. The number of para-hydroxylation sites is 1. The van der Waals surface area contributed by atoms with Crippen molar-refractivity contribution >= 4 is 29.0 Å². The van der Waals surface area contributed by atoms with Gasteiger partial charge in [-0.1, -0.05) is 30.9 Å². The Hall–Kier alpha value is -2.68. The molecule has 3 heteroatoms. The van der Waals surface area contributed by atoms with Gasteiger partial charge in [-0.05, 0) is 32.1 Å². The van der Waals surface area contributed by atoms with Gasteiger partial charge in [-0.15, -0.1) is 0 Å². The first kappa shape index (κ1) is 15.7. The van der Waals surface area contributed by atoms with Crippen LogP contribution in [0.4, 0.5) is 0 Å². The van der Waals surface area contributed by atoms with Gasteiger partial charge in [-0.2, -0.15) is 0 Å². The average Bonchev–Trinajstić information content (AvgIpc) is 2.90. The molecule has 3 nitrogen and oxygen atoms in total. The van der Waals surface area contributed by atoms with Crippen molar-refractivity contribution in [2.24, 2.45) is 9.98 Å². The molecule has 1 aromatic carbocycles. The van der Waals surface area contributed by atoms with Crippen molar-refractivity contribution in [3.05, 3.63) is 66.1 Å². The summed E-state index contributed by atoms with van der Waals surface area (Å²) >= 11 is 0. The maximum absolute atomic E-state index is 5.99. The minimum atomic E-state index is 0.721. The molecule has 0 amide bonds. The number of aliphatic imine (C=N–C) groups is 2. The highest BCUT2D eigenvalue weighted by atomic mass is 16.3. The zero-order valence-electron chi connectivity index (χ0n) is 13.2. The molecule has 112 valence electrons. The Balaban J connectivity index is 2.77. The molecule has 1 heterocycles. The third kappa shape index (κ3) is 2.98. The summed E-state index contributed by atoms with van der Waals surface area (Å²) in [5.74, 6) is 0.721. The predicted molar refractivity (Wildman–Crippen MR) is 96.0 cm³/mol. The highest BCUT2D eigenvalue weighted by molar-refractivity contribution is 6.17. The molecule has 0 aliphatic carbocycles. The fourth-order valence-corrected chi connectivity index (χ4v) is 2.29. The first-order chi connectivity index (χ1) is 10.8. The average molecular weight is 292 g/mol. The van der Waals surface area contributed by atoms with Crippen LogP contribution < -0.4 is 0 Å². The van der Waals surface area contributed by atoms with Crippen molar-refractivity contribution in [2.75, 3.05) is 7.05 Å². The second-order valence-corrected chi connectivity index (χ2v) is 4.65. The van der Waals surface area contributed by atoms with Crippen molar-refractivity contribution in [3.8, 4) is 0 Å². The van der Waals surface area contributed by atoms with Gasteiger partial charge in [0.15, 0.2) is 0 Å². The van der Waals surface area contributed by atoms with E-state index in [0.29, 0.717) is 0 Å². The Bertz CT molecular complexity index is 789. The lowest BCUT2D eigenvalue weighted by Crippen LogP contribution is -1.96. The van der Waals surface area contributed by atoms with E-state index in [1.165, 1.54) is 0 Å².